The molecule has 21 heavy (non-hydrogen) atoms. The molecule has 1 aliphatic rings. The van der Waals surface area contributed by atoms with Crippen LogP contribution in [0.5, 0.6) is 0 Å². The number of carbonyl (C=O) groups is 1. The first-order chi connectivity index (χ1) is 10.1. The fourth-order valence-electron chi connectivity index (χ4n) is 2.48. The lowest BCUT2D eigenvalue weighted by atomic mass is 9.95. The minimum Gasteiger partial charge on any atom is -0.384 e. The van der Waals surface area contributed by atoms with Gasteiger partial charge in [0.2, 0.25) is 5.91 Å². The van der Waals surface area contributed by atoms with Crippen LogP contribution in [0.25, 0.3) is 0 Å². The van der Waals surface area contributed by atoms with Crippen molar-refractivity contribution in [2.24, 2.45) is 0 Å². The minimum absolute atomic E-state index is 0.0102. The highest BCUT2D eigenvalue weighted by Gasteiger charge is 2.20. The molecule has 1 amide bonds. The topological polar surface area (TPSA) is 49.3 Å². The highest BCUT2D eigenvalue weighted by molar-refractivity contribution is 6.31. The summed E-state index contributed by atoms with van der Waals surface area (Å²) in [5.41, 5.74) is 2.67. The minimum atomic E-state index is -1.00. The van der Waals surface area contributed by atoms with Gasteiger partial charge in [0.15, 0.2) is 0 Å². The van der Waals surface area contributed by atoms with E-state index in [0.29, 0.717) is 24.0 Å². The molecule has 1 unspecified atom stereocenters. The summed E-state index contributed by atoms with van der Waals surface area (Å²) in [5.74, 6) is -0.567. The van der Waals surface area contributed by atoms with Crippen LogP contribution in [0, 0.1) is 5.82 Å². The predicted octanol–water partition coefficient (Wildman–Crippen LogP) is 3.45. The number of anilines is 1. The SMILES string of the molecule is O=C1CCc2cc(C(O)c3cccc(F)c3Cl)ccc2N1. The van der Waals surface area contributed by atoms with Crippen molar-refractivity contribution >= 4 is 23.2 Å². The Kier molecular flexibility index (Phi) is 3.66. The Morgan fingerprint density at radius 3 is 2.86 bits per heavy atom. The molecule has 1 heterocycles. The molecule has 2 N–H and O–H groups in total. The number of aliphatic hydroxyl groups excluding tert-OH is 1. The molecule has 0 fully saturated rings. The van der Waals surface area contributed by atoms with E-state index in [1.54, 1.807) is 18.2 Å². The summed E-state index contributed by atoms with van der Waals surface area (Å²) in [7, 11) is 0. The van der Waals surface area contributed by atoms with E-state index < -0.39 is 11.9 Å². The molecule has 3 rings (SSSR count). The average Bonchev–Trinajstić information content (AvgIpc) is 2.49. The molecule has 2 aromatic carbocycles. The molecule has 1 aliphatic heterocycles. The second-order valence-electron chi connectivity index (χ2n) is 5.01. The largest absolute Gasteiger partial charge is 0.384 e. The van der Waals surface area contributed by atoms with Crippen LogP contribution in [0.4, 0.5) is 10.1 Å². The fourth-order valence-corrected chi connectivity index (χ4v) is 2.71. The zero-order valence-electron chi connectivity index (χ0n) is 11.1. The molecule has 0 saturated heterocycles. The molecule has 5 heteroatoms. The number of carbonyl (C=O) groups excluding carboxylic acids is 1. The third-order valence-corrected chi connectivity index (χ3v) is 4.02. The molecule has 0 radical (unpaired) electrons. The van der Waals surface area contributed by atoms with Crippen molar-refractivity contribution in [1.29, 1.82) is 0 Å². The van der Waals surface area contributed by atoms with Gasteiger partial charge in [-0.25, -0.2) is 4.39 Å². The van der Waals surface area contributed by atoms with Crippen molar-refractivity contribution in [3.05, 3.63) is 63.9 Å². The molecular weight excluding hydrogens is 293 g/mol. The first-order valence-corrected chi connectivity index (χ1v) is 6.98. The van der Waals surface area contributed by atoms with Gasteiger partial charge in [-0.3, -0.25) is 4.79 Å². The van der Waals surface area contributed by atoms with Crippen LogP contribution in [0.3, 0.4) is 0 Å². The van der Waals surface area contributed by atoms with Gasteiger partial charge < -0.3 is 10.4 Å². The van der Waals surface area contributed by atoms with Crippen molar-refractivity contribution in [1.82, 2.24) is 0 Å². The van der Waals surface area contributed by atoms with Crippen molar-refractivity contribution < 1.29 is 14.3 Å². The van der Waals surface area contributed by atoms with Gasteiger partial charge in [0.1, 0.15) is 11.9 Å². The predicted molar refractivity (Wildman–Crippen MR) is 78.9 cm³/mol. The Bertz CT molecular complexity index is 717. The highest BCUT2D eigenvalue weighted by Crippen LogP contribution is 2.32. The standard InChI is InChI=1S/C16H13ClFNO2/c17-15-11(2-1-3-12(15)18)16(21)10-4-6-13-9(8-10)5-7-14(20)19-13/h1-4,6,8,16,21H,5,7H2,(H,19,20). The number of aliphatic hydroxyl groups is 1. The van der Waals surface area contributed by atoms with E-state index in [-0.39, 0.29) is 10.9 Å². The van der Waals surface area contributed by atoms with E-state index in [0.717, 1.165) is 11.3 Å². The number of halogens is 2. The van der Waals surface area contributed by atoms with Crippen molar-refractivity contribution in [2.75, 3.05) is 5.32 Å². The molecule has 3 nitrogen and oxygen atoms in total. The van der Waals surface area contributed by atoms with Crippen LogP contribution < -0.4 is 5.32 Å². The smallest absolute Gasteiger partial charge is 0.224 e. The number of fused-ring (bicyclic) bond motifs is 1. The van der Waals surface area contributed by atoms with Crippen LogP contribution in [-0.2, 0) is 11.2 Å². The Balaban J connectivity index is 1.97. The first-order valence-electron chi connectivity index (χ1n) is 6.61. The van der Waals surface area contributed by atoms with E-state index in [2.05, 4.69) is 5.32 Å². The maximum absolute atomic E-state index is 13.5. The van der Waals surface area contributed by atoms with Crippen molar-refractivity contribution in [3.8, 4) is 0 Å². The van der Waals surface area contributed by atoms with Crippen molar-refractivity contribution in [3.63, 3.8) is 0 Å². The number of hydrogen-bond donors (Lipinski definition) is 2. The molecule has 0 aromatic heterocycles. The van der Waals surface area contributed by atoms with Gasteiger partial charge in [0, 0.05) is 17.7 Å². The quantitative estimate of drug-likeness (QED) is 0.893. The van der Waals surface area contributed by atoms with E-state index >= 15 is 0 Å². The monoisotopic (exact) mass is 305 g/mol. The summed E-state index contributed by atoms with van der Waals surface area (Å²) in [6.07, 6.45) is 0.0439. The Morgan fingerprint density at radius 2 is 2.05 bits per heavy atom. The molecule has 0 bridgehead atoms. The van der Waals surface area contributed by atoms with Gasteiger partial charge in [-0.05, 0) is 29.7 Å². The van der Waals surface area contributed by atoms with Gasteiger partial charge in [-0.2, -0.15) is 0 Å². The van der Waals surface area contributed by atoms with Gasteiger partial charge in [-0.1, -0.05) is 35.9 Å². The number of hydrogen-bond acceptors (Lipinski definition) is 2. The van der Waals surface area contributed by atoms with Crippen LogP contribution in [0.15, 0.2) is 36.4 Å². The first kappa shape index (κ1) is 14.0. The molecule has 0 saturated carbocycles. The van der Waals surface area contributed by atoms with Gasteiger partial charge >= 0.3 is 0 Å². The maximum atomic E-state index is 13.5. The Hall–Kier alpha value is -1.91. The Labute approximate surface area is 126 Å². The van der Waals surface area contributed by atoms with Crippen LogP contribution in [-0.4, -0.2) is 11.0 Å². The molecular formula is C16H13ClFNO2. The second-order valence-corrected chi connectivity index (χ2v) is 5.39. The summed E-state index contributed by atoms with van der Waals surface area (Å²) in [5, 5.41) is 13.1. The number of aryl methyl sites for hydroxylation is 1. The van der Waals surface area contributed by atoms with E-state index in [4.69, 9.17) is 11.6 Å². The second kappa shape index (κ2) is 5.47. The summed E-state index contributed by atoms with van der Waals surface area (Å²) in [4.78, 5) is 11.3. The summed E-state index contributed by atoms with van der Waals surface area (Å²) < 4.78 is 13.5. The van der Waals surface area contributed by atoms with Gasteiger partial charge in [-0.15, -0.1) is 0 Å². The lowest BCUT2D eigenvalue weighted by molar-refractivity contribution is -0.116. The molecule has 2 aromatic rings. The fraction of sp³-hybridized carbons (Fsp3) is 0.188. The number of nitrogens with one attached hydrogen (secondary N) is 1. The normalized spacial score (nSPS) is 15.3. The summed E-state index contributed by atoms with van der Waals surface area (Å²) in [6.45, 7) is 0. The number of benzene rings is 2. The lowest BCUT2D eigenvalue weighted by Crippen LogP contribution is -2.19. The van der Waals surface area contributed by atoms with Crippen LogP contribution in [0.2, 0.25) is 5.02 Å². The molecule has 108 valence electrons. The maximum Gasteiger partial charge on any atom is 0.224 e. The van der Waals surface area contributed by atoms with Crippen LogP contribution >= 0.6 is 11.6 Å². The third kappa shape index (κ3) is 2.64. The molecule has 1 atom stereocenters. The summed E-state index contributed by atoms with van der Waals surface area (Å²) in [6, 6.07) is 9.63. The Morgan fingerprint density at radius 1 is 1.24 bits per heavy atom. The third-order valence-electron chi connectivity index (χ3n) is 3.62. The highest BCUT2D eigenvalue weighted by atomic mass is 35.5. The zero-order valence-corrected chi connectivity index (χ0v) is 11.8. The number of rotatable bonds is 2. The van der Waals surface area contributed by atoms with E-state index in [9.17, 15) is 14.3 Å². The van der Waals surface area contributed by atoms with E-state index in [1.165, 1.54) is 12.1 Å². The summed E-state index contributed by atoms with van der Waals surface area (Å²) >= 11 is 5.91. The molecule has 0 aliphatic carbocycles. The zero-order chi connectivity index (χ0) is 15.0. The van der Waals surface area contributed by atoms with Gasteiger partial charge in [0.05, 0.1) is 5.02 Å². The van der Waals surface area contributed by atoms with Crippen molar-refractivity contribution in [2.45, 2.75) is 18.9 Å². The molecule has 0 spiro atoms. The van der Waals surface area contributed by atoms with Gasteiger partial charge in [0.25, 0.3) is 0 Å². The van der Waals surface area contributed by atoms with E-state index in [1.807, 2.05) is 6.07 Å². The number of amides is 1. The van der Waals surface area contributed by atoms with Crippen LogP contribution in [0.1, 0.15) is 29.2 Å². The average molecular weight is 306 g/mol. The lowest BCUT2D eigenvalue weighted by Gasteiger charge is -2.20.